The van der Waals surface area contributed by atoms with Crippen LogP contribution in [0.1, 0.15) is 84.6 Å². The van der Waals surface area contributed by atoms with Crippen molar-refractivity contribution in [3.63, 3.8) is 0 Å². The van der Waals surface area contributed by atoms with Crippen LogP contribution in [0.2, 0.25) is 0 Å². The molecule has 3 heterocycles. The molecule has 0 radical (unpaired) electrons. The van der Waals surface area contributed by atoms with Crippen molar-refractivity contribution in [1.82, 2.24) is 14.5 Å². The number of carbonyl (C=O) groups is 2. The average molecular weight is 484 g/mol. The summed E-state index contributed by atoms with van der Waals surface area (Å²) >= 11 is 0. The highest BCUT2D eigenvalue weighted by molar-refractivity contribution is 6.11. The summed E-state index contributed by atoms with van der Waals surface area (Å²) in [5.74, 6) is -0.478. The first-order chi connectivity index (χ1) is 17.4. The van der Waals surface area contributed by atoms with Gasteiger partial charge >= 0.3 is 5.97 Å². The lowest BCUT2D eigenvalue weighted by Gasteiger charge is -2.25. The molecule has 0 atom stereocenters. The number of nitrogens with one attached hydrogen (secondary N) is 1. The van der Waals surface area contributed by atoms with Crippen molar-refractivity contribution in [2.24, 2.45) is 0 Å². The molecule has 1 saturated carbocycles. The van der Waals surface area contributed by atoms with Gasteiger partial charge in [0.2, 0.25) is 0 Å². The van der Waals surface area contributed by atoms with E-state index in [1.165, 1.54) is 35.9 Å². The number of amides is 1. The maximum atomic E-state index is 13.1. The van der Waals surface area contributed by atoms with Crippen molar-refractivity contribution in [2.75, 3.05) is 0 Å². The van der Waals surface area contributed by atoms with E-state index in [1.54, 1.807) is 6.07 Å². The average Bonchev–Trinajstić information content (AvgIpc) is 3.38. The Morgan fingerprint density at radius 2 is 1.81 bits per heavy atom. The Balaban J connectivity index is 1.66. The molecule has 6 rings (SSSR count). The lowest BCUT2D eigenvalue weighted by atomic mass is 9.81. The zero-order valence-electron chi connectivity index (χ0n) is 21.0. The van der Waals surface area contributed by atoms with Gasteiger partial charge in [0.15, 0.2) is 0 Å². The Bertz CT molecular complexity index is 1500. The van der Waals surface area contributed by atoms with Gasteiger partial charge in [-0.05, 0) is 56.7 Å². The molecule has 2 aromatic carbocycles. The molecule has 0 spiro atoms. The fraction of sp³-hybridized carbons (Fsp3) is 0.400. The minimum absolute atomic E-state index is 0.0377. The third kappa shape index (κ3) is 3.62. The Hall–Kier alpha value is -3.54. The quantitative estimate of drug-likeness (QED) is 0.345. The SMILES string of the molecule is CC(C)NC(=O)c1cn2c3c(cccc13)-c1c(C3CCCCC3)c3ccc(C(=O)O)cc3n1CCC2. The van der Waals surface area contributed by atoms with Crippen LogP contribution in [-0.4, -0.2) is 32.2 Å². The largest absolute Gasteiger partial charge is 0.478 e. The monoisotopic (exact) mass is 483 g/mol. The van der Waals surface area contributed by atoms with Crippen molar-refractivity contribution >= 4 is 33.7 Å². The van der Waals surface area contributed by atoms with Crippen molar-refractivity contribution in [3.05, 3.63) is 59.3 Å². The molecule has 1 aliphatic heterocycles. The second kappa shape index (κ2) is 8.84. The number of carboxylic acid groups (broad SMARTS) is 1. The molecule has 0 unspecified atom stereocenters. The summed E-state index contributed by atoms with van der Waals surface area (Å²) in [4.78, 5) is 25.0. The number of hydrogen-bond donors (Lipinski definition) is 2. The zero-order valence-corrected chi connectivity index (χ0v) is 21.0. The number of aromatic carboxylic acids is 1. The summed E-state index contributed by atoms with van der Waals surface area (Å²) in [5, 5.41) is 14.9. The summed E-state index contributed by atoms with van der Waals surface area (Å²) in [6, 6.07) is 12.0. The number of carboxylic acids is 1. The number of aromatic nitrogens is 2. The van der Waals surface area contributed by atoms with Crippen LogP contribution in [0.25, 0.3) is 33.1 Å². The highest BCUT2D eigenvalue weighted by Crippen LogP contribution is 2.46. The number of para-hydroxylation sites is 1. The van der Waals surface area contributed by atoms with E-state index >= 15 is 0 Å². The summed E-state index contributed by atoms with van der Waals surface area (Å²) in [6.07, 6.45) is 8.97. The number of nitrogens with zero attached hydrogens (tertiary/aromatic N) is 2. The molecule has 1 fully saturated rings. The van der Waals surface area contributed by atoms with E-state index in [0.717, 1.165) is 59.9 Å². The van der Waals surface area contributed by atoms with Gasteiger partial charge in [-0.3, -0.25) is 4.79 Å². The second-order valence-corrected chi connectivity index (χ2v) is 10.7. The van der Waals surface area contributed by atoms with Crippen LogP contribution in [0.5, 0.6) is 0 Å². The van der Waals surface area contributed by atoms with E-state index in [2.05, 4.69) is 32.7 Å². The van der Waals surface area contributed by atoms with Crippen molar-refractivity contribution < 1.29 is 14.7 Å². The smallest absolute Gasteiger partial charge is 0.335 e. The predicted molar refractivity (Wildman–Crippen MR) is 143 cm³/mol. The lowest BCUT2D eigenvalue weighted by Crippen LogP contribution is -2.29. The van der Waals surface area contributed by atoms with Gasteiger partial charge in [-0.2, -0.15) is 0 Å². The van der Waals surface area contributed by atoms with E-state index in [1.807, 2.05) is 32.2 Å². The summed E-state index contributed by atoms with van der Waals surface area (Å²) in [5.41, 5.74) is 6.87. The van der Waals surface area contributed by atoms with E-state index in [9.17, 15) is 14.7 Å². The number of aryl methyl sites for hydroxylation is 2. The first kappa shape index (κ1) is 22.9. The van der Waals surface area contributed by atoms with E-state index in [0.29, 0.717) is 11.5 Å². The van der Waals surface area contributed by atoms with E-state index in [4.69, 9.17) is 0 Å². The summed E-state index contributed by atoms with van der Waals surface area (Å²) in [6.45, 7) is 5.58. The number of benzene rings is 2. The molecular formula is C30H33N3O3. The molecule has 6 nitrogen and oxygen atoms in total. The van der Waals surface area contributed by atoms with Crippen molar-refractivity contribution in [2.45, 2.75) is 77.4 Å². The fourth-order valence-electron chi connectivity index (χ4n) is 6.48. The van der Waals surface area contributed by atoms with Crippen molar-refractivity contribution in [3.8, 4) is 11.3 Å². The van der Waals surface area contributed by atoms with Gasteiger partial charge in [0.1, 0.15) is 0 Å². The molecule has 4 aromatic rings. The standard InChI is InChI=1S/C30H33N3O3/c1-18(2)31-29(34)24-17-32-14-7-15-33-25-16-20(30(35)36)12-13-22(25)26(19-8-4-3-5-9-19)28(33)23-11-6-10-21(24)27(23)32/h6,10-13,16-19H,3-5,7-9,14-15H2,1-2H3,(H,31,34)(H,35,36). The van der Waals surface area contributed by atoms with Gasteiger partial charge in [-0.25, -0.2) is 4.79 Å². The third-order valence-electron chi connectivity index (χ3n) is 7.96. The Labute approximate surface area is 210 Å². The fourth-order valence-corrected chi connectivity index (χ4v) is 6.48. The molecule has 2 N–H and O–H groups in total. The van der Waals surface area contributed by atoms with Crippen LogP contribution in [-0.2, 0) is 13.1 Å². The number of rotatable bonds is 4. The highest BCUT2D eigenvalue weighted by atomic mass is 16.4. The van der Waals surface area contributed by atoms with Crippen molar-refractivity contribution in [1.29, 1.82) is 0 Å². The topological polar surface area (TPSA) is 76.3 Å². The minimum atomic E-state index is -0.894. The maximum absolute atomic E-state index is 13.1. The van der Waals surface area contributed by atoms with Gasteiger partial charge in [-0.15, -0.1) is 0 Å². The Morgan fingerprint density at radius 3 is 2.56 bits per heavy atom. The number of fused-ring (bicyclic) bond motifs is 4. The molecule has 0 saturated heterocycles. The molecule has 36 heavy (non-hydrogen) atoms. The van der Waals surface area contributed by atoms with Gasteiger partial charge in [0.05, 0.1) is 22.3 Å². The summed E-state index contributed by atoms with van der Waals surface area (Å²) in [7, 11) is 0. The predicted octanol–water partition coefficient (Wildman–Crippen LogP) is 6.55. The van der Waals surface area contributed by atoms with Crippen LogP contribution < -0.4 is 5.32 Å². The molecule has 0 bridgehead atoms. The maximum Gasteiger partial charge on any atom is 0.335 e. The van der Waals surface area contributed by atoms with Gasteiger partial charge in [-0.1, -0.05) is 43.5 Å². The normalized spacial score (nSPS) is 16.2. The molecule has 2 aliphatic rings. The van der Waals surface area contributed by atoms with Crippen LogP contribution in [0, 0.1) is 0 Å². The van der Waals surface area contributed by atoms with Crippen LogP contribution in [0.3, 0.4) is 0 Å². The molecule has 1 aliphatic carbocycles. The highest BCUT2D eigenvalue weighted by Gasteiger charge is 2.30. The van der Waals surface area contributed by atoms with Gasteiger partial charge in [0.25, 0.3) is 5.91 Å². The summed E-state index contributed by atoms with van der Waals surface area (Å²) < 4.78 is 4.62. The zero-order chi connectivity index (χ0) is 25.0. The van der Waals surface area contributed by atoms with Crippen LogP contribution in [0.15, 0.2) is 42.6 Å². The first-order valence-corrected chi connectivity index (χ1v) is 13.3. The second-order valence-electron chi connectivity index (χ2n) is 10.7. The molecule has 1 amide bonds. The first-order valence-electron chi connectivity index (χ1n) is 13.3. The van der Waals surface area contributed by atoms with Crippen LogP contribution >= 0.6 is 0 Å². The third-order valence-corrected chi connectivity index (χ3v) is 7.96. The number of carbonyl (C=O) groups excluding carboxylic acids is 1. The molecule has 186 valence electrons. The molecular weight excluding hydrogens is 450 g/mol. The van der Waals surface area contributed by atoms with Gasteiger partial charge in [0, 0.05) is 47.2 Å². The number of hydrogen-bond acceptors (Lipinski definition) is 2. The minimum Gasteiger partial charge on any atom is -0.478 e. The molecule has 6 heteroatoms. The lowest BCUT2D eigenvalue weighted by molar-refractivity contribution is 0.0696. The van der Waals surface area contributed by atoms with Crippen LogP contribution in [0.4, 0.5) is 0 Å². The van der Waals surface area contributed by atoms with E-state index < -0.39 is 5.97 Å². The van der Waals surface area contributed by atoms with Gasteiger partial charge < -0.3 is 19.6 Å². The Morgan fingerprint density at radius 1 is 1.00 bits per heavy atom. The Kier molecular flexibility index (Phi) is 5.62. The van der Waals surface area contributed by atoms with E-state index in [-0.39, 0.29) is 11.9 Å². The molecule has 2 aromatic heterocycles.